The summed E-state index contributed by atoms with van der Waals surface area (Å²) in [5.41, 5.74) is 4.15. The fraction of sp³-hybridized carbons (Fsp3) is 0.0526. The van der Waals surface area contributed by atoms with E-state index in [1.165, 1.54) is 0 Å². The SMILES string of the molecule is Cc1cc(Nc2ccc(Cl)c(Cl)c2)n2ncc(-c3ccccc3Cl)c2n1. The van der Waals surface area contributed by atoms with Crippen molar-refractivity contribution in [3.8, 4) is 11.1 Å². The van der Waals surface area contributed by atoms with E-state index in [4.69, 9.17) is 34.8 Å². The van der Waals surface area contributed by atoms with Crippen molar-refractivity contribution in [3.63, 3.8) is 0 Å². The lowest BCUT2D eigenvalue weighted by Crippen LogP contribution is -2.02. The molecule has 130 valence electrons. The molecule has 0 atom stereocenters. The fourth-order valence-corrected chi connectivity index (χ4v) is 3.30. The molecule has 2 heterocycles. The highest BCUT2D eigenvalue weighted by Crippen LogP contribution is 2.32. The summed E-state index contributed by atoms with van der Waals surface area (Å²) < 4.78 is 1.74. The van der Waals surface area contributed by atoms with Gasteiger partial charge >= 0.3 is 0 Å². The topological polar surface area (TPSA) is 42.2 Å². The van der Waals surface area contributed by atoms with Crippen LogP contribution < -0.4 is 5.32 Å². The van der Waals surface area contributed by atoms with Crippen LogP contribution in [0.4, 0.5) is 11.5 Å². The van der Waals surface area contributed by atoms with E-state index in [2.05, 4.69) is 15.4 Å². The molecule has 0 spiro atoms. The Kier molecular flexibility index (Phi) is 4.49. The molecule has 0 fully saturated rings. The smallest absolute Gasteiger partial charge is 0.165 e. The monoisotopic (exact) mass is 402 g/mol. The van der Waals surface area contributed by atoms with Gasteiger partial charge in [-0.3, -0.25) is 0 Å². The normalized spacial score (nSPS) is 11.1. The Morgan fingerprint density at radius 1 is 0.885 bits per heavy atom. The molecule has 2 aromatic carbocycles. The van der Waals surface area contributed by atoms with Crippen molar-refractivity contribution in [2.45, 2.75) is 6.92 Å². The first-order chi connectivity index (χ1) is 12.5. The van der Waals surface area contributed by atoms with Crippen molar-refractivity contribution in [2.75, 3.05) is 5.32 Å². The maximum atomic E-state index is 6.35. The Hall–Kier alpha value is -2.27. The maximum absolute atomic E-state index is 6.35. The number of aromatic nitrogens is 3. The van der Waals surface area contributed by atoms with Crippen molar-refractivity contribution in [1.82, 2.24) is 14.6 Å². The van der Waals surface area contributed by atoms with Crippen molar-refractivity contribution < 1.29 is 0 Å². The van der Waals surface area contributed by atoms with Gasteiger partial charge in [-0.25, -0.2) is 4.98 Å². The highest BCUT2D eigenvalue weighted by atomic mass is 35.5. The summed E-state index contributed by atoms with van der Waals surface area (Å²) in [5, 5.41) is 9.45. The van der Waals surface area contributed by atoms with E-state index in [0.29, 0.717) is 15.1 Å². The Morgan fingerprint density at radius 2 is 1.69 bits per heavy atom. The summed E-state index contributed by atoms with van der Waals surface area (Å²) in [7, 11) is 0. The molecular formula is C19H13Cl3N4. The number of hydrogen-bond acceptors (Lipinski definition) is 3. The number of nitrogens with one attached hydrogen (secondary N) is 1. The lowest BCUT2D eigenvalue weighted by atomic mass is 10.1. The number of benzene rings is 2. The molecule has 7 heteroatoms. The lowest BCUT2D eigenvalue weighted by molar-refractivity contribution is 0.938. The Balaban J connectivity index is 1.84. The van der Waals surface area contributed by atoms with Gasteiger partial charge in [0.15, 0.2) is 5.65 Å². The van der Waals surface area contributed by atoms with E-state index in [1.54, 1.807) is 22.8 Å². The van der Waals surface area contributed by atoms with E-state index < -0.39 is 0 Å². The Bertz CT molecular complexity index is 1120. The number of aryl methyl sites for hydroxylation is 1. The summed E-state index contributed by atoms with van der Waals surface area (Å²) in [6.07, 6.45) is 1.77. The molecule has 0 aliphatic heterocycles. The number of halogens is 3. The summed E-state index contributed by atoms with van der Waals surface area (Å²) in [5.74, 6) is 0.768. The largest absolute Gasteiger partial charge is 0.340 e. The minimum atomic E-state index is 0.482. The molecule has 4 nitrogen and oxygen atoms in total. The minimum Gasteiger partial charge on any atom is -0.340 e. The summed E-state index contributed by atoms with van der Waals surface area (Å²) in [6, 6.07) is 14.9. The van der Waals surface area contributed by atoms with E-state index >= 15 is 0 Å². The average Bonchev–Trinajstić information content (AvgIpc) is 3.02. The van der Waals surface area contributed by atoms with Crippen LogP contribution in [0.15, 0.2) is 54.7 Å². The highest BCUT2D eigenvalue weighted by Gasteiger charge is 2.14. The molecule has 4 aromatic rings. The predicted octanol–water partition coefficient (Wildman–Crippen LogP) is 6.41. The van der Waals surface area contributed by atoms with Crippen LogP contribution in [0.25, 0.3) is 16.8 Å². The van der Waals surface area contributed by atoms with E-state index in [1.807, 2.05) is 43.3 Å². The van der Waals surface area contributed by atoms with Crippen molar-refractivity contribution >= 4 is 52.0 Å². The predicted molar refractivity (Wildman–Crippen MR) is 108 cm³/mol. The van der Waals surface area contributed by atoms with Gasteiger partial charge in [-0.15, -0.1) is 0 Å². The maximum Gasteiger partial charge on any atom is 0.165 e. The minimum absolute atomic E-state index is 0.482. The molecule has 0 saturated carbocycles. The van der Waals surface area contributed by atoms with Crippen LogP contribution >= 0.6 is 34.8 Å². The van der Waals surface area contributed by atoms with Gasteiger partial charge in [-0.2, -0.15) is 9.61 Å². The molecule has 1 N–H and O–H groups in total. The molecule has 4 rings (SSSR count). The first-order valence-electron chi connectivity index (χ1n) is 7.85. The van der Waals surface area contributed by atoms with Crippen molar-refractivity contribution in [2.24, 2.45) is 0 Å². The molecule has 26 heavy (non-hydrogen) atoms. The van der Waals surface area contributed by atoms with Gasteiger partial charge in [0.05, 0.1) is 16.2 Å². The third kappa shape index (κ3) is 3.12. The molecule has 0 aliphatic carbocycles. The van der Waals surface area contributed by atoms with Gasteiger partial charge in [0.2, 0.25) is 0 Å². The Morgan fingerprint density at radius 3 is 2.46 bits per heavy atom. The first-order valence-corrected chi connectivity index (χ1v) is 8.98. The van der Waals surface area contributed by atoms with E-state index in [9.17, 15) is 0 Å². The Labute approximate surface area is 165 Å². The molecule has 0 bridgehead atoms. The van der Waals surface area contributed by atoms with Gasteiger partial charge in [-0.05, 0) is 31.2 Å². The summed E-state index contributed by atoms with van der Waals surface area (Å²) in [4.78, 5) is 4.64. The standard InChI is InChI=1S/C19H13Cl3N4/c1-11-8-18(25-12-6-7-16(21)17(22)9-12)26-19(24-11)14(10-23-26)13-4-2-3-5-15(13)20/h2-10,25H,1H3. The third-order valence-electron chi connectivity index (χ3n) is 3.96. The van der Waals surface area contributed by atoms with Crippen LogP contribution in [-0.4, -0.2) is 14.6 Å². The van der Waals surface area contributed by atoms with Crippen LogP contribution in [0.2, 0.25) is 15.1 Å². The fourth-order valence-electron chi connectivity index (χ4n) is 2.76. The molecule has 0 amide bonds. The number of rotatable bonds is 3. The second kappa shape index (κ2) is 6.80. The zero-order chi connectivity index (χ0) is 18.3. The second-order valence-corrected chi connectivity index (χ2v) is 7.03. The van der Waals surface area contributed by atoms with Crippen molar-refractivity contribution in [3.05, 3.63) is 75.5 Å². The average molecular weight is 404 g/mol. The summed E-state index contributed by atoms with van der Waals surface area (Å²) in [6.45, 7) is 1.93. The quantitative estimate of drug-likeness (QED) is 0.430. The van der Waals surface area contributed by atoms with E-state index in [0.717, 1.165) is 34.0 Å². The molecule has 0 saturated heterocycles. The van der Waals surface area contributed by atoms with Gasteiger partial charge in [0, 0.05) is 33.6 Å². The zero-order valence-corrected chi connectivity index (χ0v) is 15.9. The lowest BCUT2D eigenvalue weighted by Gasteiger charge is -2.11. The molecular weight excluding hydrogens is 391 g/mol. The number of hydrogen-bond donors (Lipinski definition) is 1. The van der Waals surface area contributed by atoms with Gasteiger partial charge in [0.25, 0.3) is 0 Å². The van der Waals surface area contributed by atoms with Crippen LogP contribution in [0, 0.1) is 6.92 Å². The number of nitrogens with zero attached hydrogens (tertiary/aromatic N) is 3. The van der Waals surface area contributed by atoms with Crippen molar-refractivity contribution in [1.29, 1.82) is 0 Å². The third-order valence-corrected chi connectivity index (χ3v) is 5.02. The van der Waals surface area contributed by atoms with Crippen LogP contribution in [0.1, 0.15) is 5.69 Å². The zero-order valence-electron chi connectivity index (χ0n) is 13.7. The molecule has 0 radical (unpaired) electrons. The second-order valence-electron chi connectivity index (χ2n) is 5.81. The number of anilines is 2. The highest BCUT2D eigenvalue weighted by molar-refractivity contribution is 6.42. The molecule has 0 aliphatic rings. The number of fused-ring (bicyclic) bond motifs is 1. The van der Waals surface area contributed by atoms with E-state index in [-0.39, 0.29) is 0 Å². The summed E-state index contributed by atoms with van der Waals surface area (Å²) >= 11 is 18.4. The molecule has 0 unspecified atom stereocenters. The first kappa shape index (κ1) is 17.2. The van der Waals surface area contributed by atoms with Crippen LogP contribution in [0.3, 0.4) is 0 Å². The van der Waals surface area contributed by atoms with Gasteiger partial charge < -0.3 is 5.32 Å². The van der Waals surface area contributed by atoms with Crippen LogP contribution in [0.5, 0.6) is 0 Å². The van der Waals surface area contributed by atoms with Gasteiger partial charge in [-0.1, -0.05) is 53.0 Å². The molecule has 2 aromatic heterocycles. The van der Waals surface area contributed by atoms with Crippen LogP contribution in [-0.2, 0) is 0 Å². The van der Waals surface area contributed by atoms with Gasteiger partial charge in [0.1, 0.15) is 5.82 Å².